The number of nitriles is 1. The molecule has 0 aliphatic heterocycles. The number of methoxy groups -OCH3 is 1. The molecule has 0 spiro atoms. The number of aryl methyl sites for hydroxylation is 2. The van der Waals surface area contributed by atoms with E-state index in [0.717, 1.165) is 16.6 Å². The lowest BCUT2D eigenvalue weighted by Gasteiger charge is -2.03. The van der Waals surface area contributed by atoms with Crippen molar-refractivity contribution in [2.24, 2.45) is 0 Å². The van der Waals surface area contributed by atoms with E-state index in [-0.39, 0.29) is 0 Å². The molecule has 0 atom stereocenters. The molecule has 0 radical (unpaired) electrons. The fourth-order valence-electron chi connectivity index (χ4n) is 1.76. The summed E-state index contributed by atoms with van der Waals surface area (Å²) in [6, 6.07) is 4.04. The minimum atomic E-state index is 0.603. The van der Waals surface area contributed by atoms with Crippen molar-refractivity contribution in [3.63, 3.8) is 0 Å². The normalized spacial score (nSPS) is 8.74. The molecule has 0 aliphatic rings. The first-order valence-electron chi connectivity index (χ1n) is 6.61. The summed E-state index contributed by atoms with van der Waals surface area (Å²) < 4.78 is 6.91. The van der Waals surface area contributed by atoms with Gasteiger partial charge in [-0.2, -0.15) is 10.4 Å². The second-order valence-corrected chi connectivity index (χ2v) is 3.43. The van der Waals surface area contributed by atoms with Crippen molar-refractivity contribution in [1.29, 1.82) is 5.26 Å². The average molecular weight is 261 g/mol. The Hall–Kier alpha value is -2.02. The molecular weight excluding hydrogens is 238 g/mol. The van der Waals surface area contributed by atoms with Crippen molar-refractivity contribution in [3.05, 3.63) is 29.0 Å². The van der Waals surface area contributed by atoms with E-state index < -0.39 is 0 Å². The zero-order valence-corrected chi connectivity index (χ0v) is 12.9. The molecule has 0 aromatic carbocycles. The van der Waals surface area contributed by atoms with Crippen LogP contribution in [0.25, 0.3) is 5.52 Å². The third-order valence-corrected chi connectivity index (χ3v) is 2.53. The highest BCUT2D eigenvalue weighted by Crippen LogP contribution is 2.24. The van der Waals surface area contributed by atoms with Crippen LogP contribution in [0.15, 0.2) is 12.3 Å². The van der Waals surface area contributed by atoms with Crippen molar-refractivity contribution < 1.29 is 4.74 Å². The van der Waals surface area contributed by atoms with Crippen LogP contribution >= 0.6 is 0 Å². The van der Waals surface area contributed by atoms with Gasteiger partial charge >= 0.3 is 0 Å². The highest BCUT2D eigenvalue weighted by Gasteiger charge is 2.11. The Bertz CT molecular complexity index is 565. The van der Waals surface area contributed by atoms with E-state index in [1.54, 1.807) is 17.8 Å². The van der Waals surface area contributed by atoms with Gasteiger partial charge in [0.1, 0.15) is 6.07 Å². The van der Waals surface area contributed by atoms with Crippen LogP contribution in [0.4, 0.5) is 0 Å². The van der Waals surface area contributed by atoms with E-state index in [1.807, 2.05) is 47.6 Å². The van der Waals surface area contributed by atoms with E-state index in [2.05, 4.69) is 11.2 Å². The van der Waals surface area contributed by atoms with Gasteiger partial charge in [0.15, 0.2) is 0 Å². The van der Waals surface area contributed by atoms with Crippen LogP contribution in [-0.4, -0.2) is 16.7 Å². The third kappa shape index (κ3) is 3.25. The molecule has 2 heterocycles. The Balaban J connectivity index is 0.000000741. The van der Waals surface area contributed by atoms with Crippen LogP contribution in [0.3, 0.4) is 0 Å². The highest BCUT2D eigenvalue weighted by molar-refractivity contribution is 5.66. The molecule has 0 aliphatic carbocycles. The predicted molar refractivity (Wildman–Crippen MR) is 78.6 cm³/mol. The summed E-state index contributed by atoms with van der Waals surface area (Å²) in [7, 11) is 1.61. The van der Waals surface area contributed by atoms with Crippen LogP contribution in [-0.2, 0) is 0 Å². The first kappa shape index (κ1) is 17.0. The second kappa shape index (κ2) is 8.15. The first-order valence-corrected chi connectivity index (χ1v) is 6.61. The Morgan fingerprint density at radius 2 is 1.79 bits per heavy atom. The molecule has 2 aromatic rings. The fraction of sp³-hybridized carbons (Fsp3) is 0.467. The Kier molecular flexibility index (Phi) is 7.28. The van der Waals surface area contributed by atoms with Gasteiger partial charge in [0, 0.05) is 6.07 Å². The lowest BCUT2D eigenvalue weighted by atomic mass is 10.1. The summed E-state index contributed by atoms with van der Waals surface area (Å²) in [5.74, 6) is 0.690. The molecular formula is C15H23N3O. The average Bonchev–Trinajstić information content (AvgIpc) is 2.81. The maximum atomic E-state index is 8.90. The van der Waals surface area contributed by atoms with Crippen LogP contribution in [0, 0.1) is 25.2 Å². The topological polar surface area (TPSA) is 50.3 Å². The summed E-state index contributed by atoms with van der Waals surface area (Å²) in [4.78, 5) is 0. The van der Waals surface area contributed by atoms with Crippen molar-refractivity contribution in [2.45, 2.75) is 41.5 Å². The fourth-order valence-corrected chi connectivity index (χ4v) is 1.76. The van der Waals surface area contributed by atoms with Gasteiger partial charge in [0.05, 0.1) is 24.4 Å². The highest BCUT2D eigenvalue weighted by atomic mass is 16.5. The van der Waals surface area contributed by atoms with Crippen LogP contribution in [0.5, 0.6) is 5.88 Å². The van der Waals surface area contributed by atoms with Gasteiger partial charge in [0.2, 0.25) is 5.88 Å². The minimum absolute atomic E-state index is 0.603. The molecule has 2 rings (SSSR count). The molecule has 4 heteroatoms. The van der Waals surface area contributed by atoms with Crippen LogP contribution in [0.2, 0.25) is 0 Å². The zero-order chi connectivity index (χ0) is 15.0. The maximum absolute atomic E-state index is 8.90. The monoisotopic (exact) mass is 261 g/mol. The summed E-state index contributed by atoms with van der Waals surface area (Å²) >= 11 is 0. The maximum Gasteiger partial charge on any atom is 0.215 e. The van der Waals surface area contributed by atoms with Gasteiger partial charge in [-0.3, -0.25) is 0 Å². The van der Waals surface area contributed by atoms with Gasteiger partial charge < -0.3 is 4.74 Å². The Morgan fingerprint density at radius 3 is 2.26 bits per heavy atom. The molecule has 0 amide bonds. The molecule has 19 heavy (non-hydrogen) atoms. The van der Waals surface area contributed by atoms with Crippen LogP contribution in [0.1, 0.15) is 44.4 Å². The Labute approximate surface area is 115 Å². The van der Waals surface area contributed by atoms with E-state index in [9.17, 15) is 0 Å². The van der Waals surface area contributed by atoms with Gasteiger partial charge in [-0.1, -0.05) is 27.7 Å². The molecule has 0 saturated carbocycles. The summed E-state index contributed by atoms with van der Waals surface area (Å²) in [5, 5.41) is 13.1. The number of aromatic nitrogens is 2. The smallest absolute Gasteiger partial charge is 0.215 e. The molecule has 104 valence electrons. The minimum Gasteiger partial charge on any atom is -0.481 e. The summed E-state index contributed by atoms with van der Waals surface area (Å²) in [5.41, 5.74) is 3.56. The lowest BCUT2D eigenvalue weighted by Crippen LogP contribution is -1.98. The van der Waals surface area contributed by atoms with Crippen LogP contribution < -0.4 is 4.74 Å². The molecule has 0 unspecified atom stereocenters. The van der Waals surface area contributed by atoms with Gasteiger partial charge in [-0.15, -0.1) is 0 Å². The van der Waals surface area contributed by atoms with Gasteiger partial charge in [0.25, 0.3) is 0 Å². The van der Waals surface area contributed by atoms with E-state index in [0.29, 0.717) is 11.4 Å². The standard InChI is InChI=1S/C11H11N3O.2C2H6/c1-7-4-10(15-3)14-11(7)8(2)9(5-12)6-13-14;2*1-2/h4,6H,1-3H3;2*1-2H3. The zero-order valence-electron chi connectivity index (χ0n) is 12.9. The SMILES string of the molecule is CC.CC.COc1cc(C)c2c(C)c(C#N)cnn12. The number of nitrogens with zero attached hydrogens (tertiary/aromatic N) is 3. The molecule has 0 saturated heterocycles. The summed E-state index contributed by atoms with van der Waals surface area (Å²) in [6.45, 7) is 11.9. The number of hydrogen-bond donors (Lipinski definition) is 0. The van der Waals surface area contributed by atoms with Crippen molar-refractivity contribution in [1.82, 2.24) is 9.61 Å². The predicted octanol–water partition coefficient (Wildman–Crippen LogP) is 3.88. The van der Waals surface area contributed by atoms with E-state index in [1.165, 1.54) is 0 Å². The quantitative estimate of drug-likeness (QED) is 0.782. The second-order valence-electron chi connectivity index (χ2n) is 3.43. The summed E-state index contributed by atoms with van der Waals surface area (Å²) in [6.07, 6.45) is 1.56. The molecule has 0 bridgehead atoms. The van der Waals surface area contributed by atoms with Gasteiger partial charge in [-0.05, 0) is 25.0 Å². The molecule has 4 nitrogen and oxygen atoms in total. The van der Waals surface area contributed by atoms with Crippen molar-refractivity contribution >= 4 is 5.52 Å². The number of hydrogen-bond acceptors (Lipinski definition) is 3. The first-order chi connectivity index (χ1) is 9.19. The van der Waals surface area contributed by atoms with Crippen molar-refractivity contribution in [2.75, 3.05) is 7.11 Å². The van der Waals surface area contributed by atoms with E-state index in [4.69, 9.17) is 10.00 Å². The number of rotatable bonds is 1. The largest absolute Gasteiger partial charge is 0.481 e. The molecule has 2 aromatic heterocycles. The Morgan fingerprint density at radius 1 is 1.21 bits per heavy atom. The number of fused-ring (bicyclic) bond motifs is 1. The molecule has 0 N–H and O–H groups in total. The number of ether oxygens (including phenoxy) is 1. The van der Waals surface area contributed by atoms with Crippen molar-refractivity contribution in [3.8, 4) is 11.9 Å². The molecule has 0 fully saturated rings. The van der Waals surface area contributed by atoms with E-state index >= 15 is 0 Å². The lowest BCUT2D eigenvalue weighted by molar-refractivity contribution is 0.387. The van der Waals surface area contributed by atoms with Gasteiger partial charge in [-0.25, -0.2) is 4.52 Å². The third-order valence-electron chi connectivity index (χ3n) is 2.53.